The standard InChI is InChI=1S/C15H15ClN4O4/c1-8(21)24-6-5-20-13-10(12(19-20)14(22)23-2)4-3-9-7-17-15(16)18-11(9)13/h7H,3-6H2,1-2H3. The third-order valence-electron chi connectivity index (χ3n) is 3.74. The molecule has 3 rings (SSSR count). The Morgan fingerprint density at radius 1 is 1.38 bits per heavy atom. The van der Waals surface area contributed by atoms with Gasteiger partial charge in [-0.25, -0.2) is 14.8 Å². The van der Waals surface area contributed by atoms with Gasteiger partial charge in [-0.15, -0.1) is 0 Å². The fourth-order valence-electron chi connectivity index (χ4n) is 2.73. The summed E-state index contributed by atoms with van der Waals surface area (Å²) < 4.78 is 11.4. The maximum atomic E-state index is 12.0. The van der Waals surface area contributed by atoms with Gasteiger partial charge in [-0.2, -0.15) is 5.10 Å². The van der Waals surface area contributed by atoms with Gasteiger partial charge >= 0.3 is 11.9 Å². The molecule has 2 aromatic rings. The molecule has 1 aliphatic rings. The van der Waals surface area contributed by atoms with Crippen molar-refractivity contribution in [3.63, 3.8) is 0 Å². The highest BCUT2D eigenvalue weighted by atomic mass is 35.5. The smallest absolute Gasteiger partial charge is 0.358 e. The molecule has 0 aliphatic heterocycles. The average Bonchev–Trinajstić information content (AvgIpc) is 2.93. The van der Waals surface area contributed by atoms with Gasteiger partial charge in [-0.1, -0.05) is 0 Å². The molecule has 0 atom stereocenters. The van der Waals surface area contributed by atoms with E-state index in [4.69, 9.17) is 21.1 Å². The van der Waals surface area contributed by atoms with Crippen molar-refractivity contribution in [3.8, 4) is 11.4 Å². The summed E-state index contributed by atoms with van der Waals surface area (Å²) in [6.45, 7) is 1.76. The van der Waals surface area contributed by atoms with Crippen LogP contribution in [0.15, 0.2) is 6.20 Å². The number of ether oxygens (including phenoxy) is 2. The minimum atomic E-state index is -0.513. The summed E-state index contributed by atoms with van der Waals surface area (Å²) in [5.74, 6) is -0.893. The second-order valence-electron chi connectivity index (χ2n) is 5.24. The number of methoxy groups -OCH3 is 1. The van der Waals surface area contributed by atoms with Crippen molar-refractivity contribution in [2.24, 2.45) is 0 Å². The van der Waals surface area contributed by atoms with Crippen LogP contribution in [0.1, 0.15) is 28.5 Å². The number of nitrogens with zero attached hydrogens (tertiary/aromatic N) is 4. The molecular formula is C15H15ClN4O4. The van der Waals surface area contributed by atoms with Crippen molar-refractivity contribution in [1.29, 1.82) is 0 Å². The predicted octanol–water partition coefficient (Wildman–Crippen LogP) is 1.44. The van der Waals surface area contributed by atoms with E-state index in [0.29, 0.717) is 30.8 Å². The molecule has 9 heteroatoms. The number of esters is 2. The molecule has 8 nitrogen and oxygen atoms in total. The highest BCUT2D eigenvalue weighted by molar-refractivity contribution is 6.28. The molecule has 0 amide bonds. The topological polar surface area (TPSA) is 96.2 Å². The van der Waals surface area contributed by atoms with Crippen LogP contribution in [0, 0.1) is 0 Å². The van der Waals surface area contributed by atoms with Crippen molar-refractivity contribution in [3.05, 3.63) is 28.3 Å². The van der Waals surface area contributed by atoms with Crippen molar-refractivity contribution in [2.45, 2.75) is 26.3 Å². The highest BCUT2D eigenvalue weighted by Gasteiger charge is 2.30. The lowest BCUT2D eigenvalue weighted by molar-refractivity contribution is -0.141. The first kappa shape index (κ1) is 16.4. The van der Waals surface area contributed by atoms with Gasteiger partial charge in [0.15, 0.2) is 5.69 Å². The van der Waals surface area contributed by atoms with Crippen molar-refractivity contribution in [2.75, 3.05) is 13.7 Å². The van der Waals surface area contributed by atoms with Gasteiger partial charge in [0.25, 0.3) is 0 Å². The largest absolute Gasteiger partial charge is 0.464 e. The van der Waals surface area contributed by atoms with Gasteiger partial charge in [-0.05, 0) is 30.0 Å². The first-order valence-corrected chi connectivity index (χ1v) is 7.72. The van der Waals surface area contributed by atoms with Crippen molar-refractivity contribution >= 4 is 23.5 Å². The molecule has 0 N–H and O–H groups in total. The van der Waals surface area contributed by atoms with Gasteiger partial charge in [0.1, 0.15) is 6.61 Å². The quantitative estimate of drug-likeness (QED) is 0.608. The molecule has 0 saturated heterocycles. The molecular weight excluding hydrogens is 336 g/mol. The van der Waals surface area contributed by atoms with E-state index < -0.39 is 5.97 Å². The zero-order valence-electron chi connectivity index (χ0n) is 13.2. The Morgan fingerprint density at radius 3 is 2.88 bits per heavy atom. The van der Waals surface area contributed by atoms with Crippen LogP contribution < -0.4 is 0 Å². The number of hydrogen-bond donors (Lipinski definition) is 0. The summed E-state index contributed by atoms with van der Waals surface area (Å²) in [4.78, 5) is 31.3. The maximum absolute atomic E-state index is 12.0. The van der Waals surface area contributed by atoms with Crippen LogP contribution in [0.5, 0.6) is 0 Å². The summed E-state index contributed by atoms with van der Waals surface area (Å²) >= 11 is 5.93. The molecule has 0 spiro atoms. The van der Waals surface area contributed by atoms with Gasteiger partial charge < -0.3 is 9.47 Å². The fraction of sp³-hybridized carbons (Fsp3) is 0.400. The van der Waals surface area contributed by atoms with Crippen molar-refractivity contribution < 1.29 is 19.1 Å². The number of carbonyl (C=O) groups is 2. The van der Waals surface area contributed by atoms with Gasteiger partial charge in [-0.3, -0.25) is 9.48 Å². The van der Waals surface area contributed by atoms with Gasteiger partial charge in [0.05, 0.1) is 25.0 Å². The third-order valence-corrected chi connectivity index (χ3v) is 3.92. The predicted molar refractivity (Wildman–Crippen MR) is 83.6 cm³/mol. The first-order valence-electron chi connectivity index (χ1n) is 7.34. The minimum absolute atomic E-state index is 0.119. The molecule has 24 heavy (non-hydrogen) atoms. The Labute approximate surface area is 142 Å². The van der Waals surface area contributed by atoms with E-state index in [1.54, 1.807) is 10.9 Å². The molecule has 0 fully saturated rings. The van der Waals surface area contributed by atoms with Gasteiger partial charge in [0, 0.05) is 18.7 Å². The summed E-state index contributed by atoms with van der Waals surface area (Å²) in [5.41, 5.74) is 3.26. The van der Waals surface area contributed by atoms with Crippen LogP contribution in [-0.4, -0.2) is 45.4 Å². The van der Waals surface area contributed by atoms with Crippen LogP contribution in [0.25, 0.3) is 11.4 Å². The summed E-state index contributed by atoms with van der Waals surface area (Å²) in [7, 11) is 1.31. The van der Waals surface area contributed by atoms with Crippen LogP contribution in [0.4, 0.5) is 0 Å². The monoisotopic (exact) mass is 350 g/mol. The van der Waals surface area contributed by atoms with E-state index in [2.05, 4.69) is 15.1 Å². The molecule has 0 saturated carbocycles. The lowest BCUT2D eigenvalue weighted by Crippen LogP contribution is -2.14. The number of halogens is 1. The Morgan fingerprint density at radius 2 is 2.17 bits per heavy atom. The fourth-order valence-corrected chi connectivity index (χ4v) is 2.87. The Hall–Kier alpha value is -2.48. The highest BCUT2D eigenvalue weighted by Crippen LogP contribution is 2.34. The van der Waals surface area contributed by atoms with E-state index >= 15 is 0 Å². The Balaban J connectivity index is 2.08. The zero-order chi connectivity index (χ0) is 17.3. The summed E-state index contributed by atoms with van der Waals surface area (Å²) in [6.07, 6.45) is 2.97. The second kappa shape index (κ2) is 6.56. The Kier molecular flexibility index (Phi) is 4.48. The van der Waals surface area contributed by atoms with E-state index in [9.17, 15) is 9.59 Å². The molecule has 2 heterocycles. The number of hydrogen-bond acceptors (Lipinski definition) is 7. The summed E-state index contributed by atoms with van der Waals surface area (Å²) in [5, 5.41) is 4.45. The lowest BCUT2D eigenvalue weighted by atomic mass is 9.93. The number of carbonyl (C=O) groups excluding carboxylic acids is 2. The van der Waals surface area contributed by atoms with E-state index in [1.165, 1.54) is 14.0 Å². The molecule has 0 unspecified atom stereocenters. The number of aryl methyl sites for hydroxylation is 1. The number of rotatable bonds is 4. The van der Waals surface area contributed by atoms with Crippen LogP contribution >= 0.6 is 11.6 Å². The van der Waals surface area contributed by atoms with E-state index in [-0.39, 0.29) is 23.6 Å². The zero-order valence-corrected chi connectivity index (χ0v) is 14.0. The van der Waals surface area contributed by atoms with E-state index in [1.807, 2.05) is 0 Å². The lowest BCUT2D eigenvalue weighted by Gasteiger charge is -2.17. The maximum Gasteiger partial charge on any atom is 0.358 e. The van der Waals surface area contributed by atoms with Gasteiger partial charge in [0.2, 0.25) is 5.28 Å². The van der Waals surface area contributed by atoms with Crippen molar-refractivity contribution in [1.82, 2.24) is 19.7 Å². The Bertz CT molecular complexity index is 818. The first-order chi connectivity index (χ1) is 11.5. The molecule has 0 radical (unpaired) electrons. The molecule has 0 aromatic carbocycles. The second-order valence-corrected chi connectivity index (χ2v) is 5.58. The van der Waals surface area contributed by atoms with E-state index in [0.717, 1.165) is 11.1 Å². The van der Waals surface area contributed by atoms with Crippen LogP contribution in [0.2, 0.25) is 5.28 Å². The van der Waals surface area contributed by atoms with Crippen LogP contribution in [-0.2, 0) is 33.7 Å². The average molecular weight is 351 g/mol. The minimum Gasteiger partial charge on any atom is -0.464 e. The number of aromatic nitrogens is 4. The third kappa shape index (κ3) is 2.96. The molecule has 0 bridgehead atoms. The number of fused-ring (bicyclic) bond motifs is 3. The SMILES string of the molecule is COC(=O)c1nn(CCOC(C)=O)c2c1CCc1cnc(Cl)nc1-2. The molecule has 1 aliphatic carbocycles. The normalized spacial score (nSPS) is 12.3. The molecule has 126 valence electrons. The summed E-state index contributed by atoms with van der Waals surface area (Å²) in [6, 6.07) is 0. The van der Waals surface area contributed by atoms with Crippen LogP contribution in [0.3, 0.4) is 0 Å². The molecule has 2 aromatic heterocycles.